The van der Waals surface area contributed by atoms with Crippen molar-refractivity contribution < 1.29 is 36.5 Å². The molecule has 2 aromatic carbocycles. The highest BCUT2D eigenvalue weighted by molar-refractivity contribution is 6.18. The summed E-state index contributed by atoms with van der Waals surface area (Å²) in [6.07, 6.45) is -3.47. The van der Waals surface area contributed by atoms with Gasteiger partial charge in [0.2, 0.25) is 0 Å². The number of nitrogens with zero attached hydrogens (tertiary/aromatic N) is 4. The van der Waals surface area contributed by atoms with E-state index in [4.69, 9.17) is 9.47 Å². The first-order valence-electron chi connectivity index (χ1n) is 12.4. The SMILES string of the molecule is C=C1c2c(ccn2CCO)C(c2cc(OC)cc(OC)c2)=NN1c1cc(N2CCC(F)(F)C2)ccc1C(F)(F)F. The molecule has 40 heavy (non-hydrogen) atoms. The van der Waals surface area contributed by atoms with Gasteiger partial charge in [-0.05, 0) is 36.4 Å². The van der Waals surface area contributed by atoms with Crippen LogP contribution in [0, 0.1) is 0 Å². The lowest BCUT2D eigenvalue weighted by atomic mass is 9.98. The van der Waals surface area contributed by atoms with E-state index in [0.29, 0.717) is 34.0 Å². The largest absolute Gasteiger partial charge is 0.497 e. The van der Waals surface area contributed by atoms with Crippen molar-refractivity contribution in [3.8, 4) is 11.5 Å². The Morgan fingerprint density at radius 2 is 1.75 bits per heavy atom. The maximum Gasteiger partial charge on any atom is 0.418 e. The van der Waals surface area contributed by atoms with Gasteiger partial charge in [0, 0.05) is 48.6 Å². The first-order valence-corrected chi connectivity index (χ1v) is 12.4. The molecule has 2 aliphatic rings. The summed E-state index contributed by atoms with van der Waals surface area (Å²) in [5.41, 5.74) is 0.813. The van der Waals surface area contributed by atoms with Crippen molar-refractivity contribution in [1.29, 1.82) is 0 Å². The molecule has 0 spiro atoms. The number of benzene rings is 2. The summed E-state index contributed by atoms with van der Waals surface area (Å²) in [5.74, 6) is -2.05. The Labute approximate surface area is 227 Å². The summed E-state index contributed by atoms with van der Waals surface area (Å²) >= 11 is 0. The summed E-state index contributed by atoms with van der Waals surface area (Å²) in [5, 5.41) is 15.4. The van der Waals surface area contributed by atoms with Crippen LogP contribution in [0.15, 0.2) is 60.3 Å². The normalized spacial score (nSPS) is 16.7. The predicted molar refractivity (Wildman–Crippen MR) is 141 cm³/mol. The number of rotatable bonds is 7. The zero-order valence-electron chi connectivity index (χ0n) is 21.8. The fourth-order valence-corrected chi connectivity index (χ4v) is 5.04. The molecule has 1 N–H and O–H groups in total. The van der Waals surface area contributed by atoms with Gasteiger partial charge in [-0.25, -0.2) is 13.8 Å². The van der Waals surface area contributed by atoms with Crippen LogP contribution in [0.25, 0.3) is 5.70 Å². The molecule has 12 heteroatoms. The monoisotopic (exact) mass is 562 g/mol. The molecule has 0 bridgehead atoms. The first kappa shape index (κ1) is 27.5. The predicted octanol–water partition coefficient (Wildman–Crippen LogP) is 5.61. The summed E-state index contributed by atoms with van der Waals surface area (Å²) in [6.45, 7) is 3.40. The summed E-state index contributed by atoms with van der Waals surface area (Å²) in [6, 6.07) is 10.0. The molecule has 2 aliphatic heterocycles. The zero-order valence-corrected chi connectivity index (χ0v) is 21.8. The van der Waals surface area contributed by atoms with E-state index in [1.807, 2.05) is 0 Å². The van der Waals surface area contributed by atoms with E-state index in [1.165, 1.54) is 31.3 Å². The van der Waals surface area contributed by atoms with Crippen LogP contribution < -0.4 is 19.4 Å². The molecule has 1 saturated heterocycles. The second kappa shape index (κ2) is 10.2. The number of aliphatic hydroxyl groups excluding tert-OH is 1. The Bertz CT molecular complexity index is 1460. The van der Waals surface area contributed by atoms with Gasteiger partial charge >= 0.3 is 6.18 Å². The average Bonchev–Trinajstić information content (AvgIpc) is 3.51. The number of aromatic nitrogens is 1. The molecule has 0 unspecified atom stereocenters. The van der Waals surface area contributed by atoms with Crippen LogP contribution in [0.1, 0.15) is 28.8 Å². The second-order valence-corrected chi connectivity index (χ2v) is 9.53. The second-order valence-electron chi connectivity index (χ2n) is 9.53. The Morgan fingerprint density at radius 3 is 2.33 bits per heavy atom. The number of hydrazone groups is 1. The highest BCUT2D eigenvalue weighted by Crippen LogP contribution is 2.44. The van der Waals surface area contributed by atoms with E-state index in [1.54, 1.807) is 35.0 Å². The standard InChI is InChI=1S/C28H27F5N4O3/c1-17-26-22(6-8-35(26)10-11-38)25(18-12-20(39-2)15-21(13-18)40-3)34-37(17)24-14-19(4-5-23(24)28(31,32)33)36-9-7-27(29,30)16-36/h4-6,8,12-15,38H,1,7,9-11,16H2,2-3H3. The van der Waals surface area contributed by atoms with Crippen LogP contribution in [0.5, 0.6) is 11.5 Å². The molecule has 0 aliphatic carbocycles. The quantitative estimate of drug-likeness (QED) is 0.380. The van der Waals surface area contributed by atoms with Gasteiger partial charge < -0.3 is 24.0 Å². The summed E-state index contributed by atoms with van der Waals surface area (Å²) in [4.78, 5) is 1.35. The molecule has 3 heterocycles. The van der Waals surface area contributed by atoms with E-state index in [-0.39, 0.29) is 36.8 Å². The van der Waals surface area contributed by atoms with Crippen molar-refractivity contribution in [2.75, 3.05) is 43.8 Å². The minimum Gasteiger partial charge on any atom is -0.497 e. The Balaban J connectivity index is 1.73. The number of halogens is 5. The minimum absolute atomic E-state index is 0.000369. The topological polar surface area (TPSA) is 62.5 Å². The van der Waals surface area contributed by atoms with Gasteiger partial charge in [0.1, 0.15) is 17.2 Å². The van der Waals surface area contributed by atoms with Gasteiger partial charge in [-0.15, -0.1) is 0 Å². The lowest BCUT2D eigenvalue weighted by Crippen LogP contribution is -2.29. The number of aliphatic hydroxyl groups is 1. The minimum atomic E-state index is -4.77. The van der Waals surface area contributed by atoms with Crippen LogP contribution in [0.4, 0.5) is 33.3 Å². The summed E-state index contributed by atoms with van der Waals surface area (Å²) in [7, 11) is 2.95. The molecule has 3 aromatic rings. The van der Waals surface area contributed by atoms with Crippen LogP contribution >= 0.6 is 0 Å². The van der Waals surface area contributed by atoms with Crippen molar-refractivity contribution in [2.24, 2.45) is 5.10 Å². The number of ether oxygens (including phenoxy) is 2. The molecule has 1 aromatic heterocycles. The van der Waals surface area contributed by atoms with Crippen LogP contribution in [0.3, 0.4) is 0 Å². The van der Waals surface area contributed by atoms with Crippen molar-refractivity contribution in [3.63, 3.8) is 0 Å². The molecule has 212 valence electrons. The molecule has 1 fully saturated rings. The van der Waals surface area contributed by atoms with Gasteiger partial charge in [-0.2, -0.15) is 18.3 Å². The van der Waals surface area contributed by atoms with Crippen LogP contribution in [-0.2, 0) is 12.7 Å². The number of fused-ring (bicyclic) bond motifs is 1. The van der Waals surface area contributed by atoms with E-state index in [9.17, 15) is 27.1 Å². The van der Waals surface area contributed by atoms with Gasteiger partial charge in [0.25, 0.3) is 5.92 Å². The zero-order chi connectivity index (χ0) is 28.8. The van der Waals surface area contributed by atoms with E-state index >= 15 is 0 Å². The lowest BCUT2D eigenvalue weighted by Gasteiger charge is -2.32. The third kappa shape index (κ3) is 4.99. The van der Waals surface area contributed by atoms with Crippen molar-refractivity contribution in [2.45, 2.75) is 25.1 Å². The number of methoxy groups -OCH3 is 2. The van der Waals surface area contributed by atoms with E-state index in [2.05, 4.69) is 11.7 Å². The van der Waals surface area contributed by atoms with Gasteiger partial charge in [0.05, 0.1) is 50.0 Å². The van der Waals surface area contributed by atoms with Crippen LogP contribution in [-0.4, -0.2) is 55.2 Å². The number of hydrogen-bond acceptors (Lipinski definition) is 6. The average molecular weight is 563 g/mol. The molecule has 0 amide bonds. The molecule has 0 atom stereocenters. The van der Waals surface area contributed by atoms with Gasteiger partial charge in [-0.1, -0.05) is 6.58 Å². The van der Waals surface area contributed by atoms with Crippen molar-refractivity contribution >= 4 is 22.8 Å². The van der Waals surface area contributed by atoms with Crippen LogP contribution in [0.2, 0.25) is 0 Å². The molecule has 7 nitrogen and oxygen atoms in total. The fraction of sp³-hybridized carbons (Fsp3) is 0.321. The highest BCUT2D eigenvalue weighted by atomic mass is 19.4. The smallest absolute Gasteiger partial charge is 0.418 e. The molecule has 0 radical (unpaired) electrons. The number of hydrogen-bond donors (Lipinski definition) is 1. The Hall–Kier alpha value is -4.06. The molecular weight excluding hydrogens is 535 g/mol. The van der Waals surface area contributed by atoms with E-state index in [0.717, 1.165) is 11.1 Å². The lowest BCUT2D eigenvalue weighted by molar-refractivity contribution is -0.137. The number of anilines is 2. The molecule has 5 rings (SSSR count). The Morgan fingerprint density at radius 1 is 1.05 bits per heavy atom. The first-order chi connectivity index (χ1) is 19.0. The number of alkyl halides is 5. The Kier molecular flexibility index (Phi) is 6.99. The van der Waals surface area contributed by atoms with E-state index < -0.39 is 30.6 Å². The van der Waals surface area contributed by atoms with Gasteiger partial charge in [-0.3, -0.25) is 0 Å². The summed E-state index contributed by atoms with van der Waals surface area (Å²) < 4.78 is 83.3. The third-order valence-electron chi connectivity index (χ3n) is 6.96. The third-order valence-corrected chi connectivity index (χ3v) is 6.96. The van der Waals surface area contributed by atoms with Crippen molar-refractivity contribution in [3.05, 3.63) is 77.6 Å². The van der Waals surface area contributed by atoms with Gasteiger partial charge in [0.15, 0.2) is 0 Å². The maximum atomic E-state index is 14.3. The maximum absolute atomic E-state index is 14.3. The highest BCUT2D eigenvalue weighted by Gasteiger charge is 2.41. The fourth-order valence-electron chi connectivity index (χ4n) is 5.04. The molecular formula is C28H27F5N4O3. The molecule has 0 saturated carbocycles. The van der Waals surface area contributed by atoms with Crippen molar-refractivity contribution in [1.82, 2.24) is 4.57 Å².